The maximum Gasteiger partial charge on any atom is 0.327 e. The van der Waals surface area contributed by atoms with E-state index in [9.17, 15) is 4.79 Å². The van der Waals surface area contributed by atoms with Gasteiger partial charge in [0, 0.05) is 10.9 Å². The van der Waals surface area contributed by atoms with Gasteiger partial charge in [0.2, 0.25) is 0 Å². The number of carboxylic acids is 1. The van der Waals surface area contributed by atoms with Crippen LogP contribution in [0.4, 0.5) is 5.69 Å². The van der Waals surface area contributed by atoms with Crippen LogP contribution in [0.2, 0.25) is 0 Å². The number of aromatic amines is 1. The molecule has 16 heavy (non-hydrogen) atoms. The van der Waals surface area contributed by atoms with Gasteiger partial charge in [-0.3, -0.25) is 10.1 Å². The number of aromatic nitrogens is 1. The van der Waals surface area contributed by atoms with Crippen molar-refractivity contribution < 1.29 is 9.90 Å². The molecule has 1 atom stereocenters. The van der Waals surface area contributed by atoms with Gasteiger partial charge in [-0.25, -0.2) is 0 Å². The molecule has 2 heterocycles. The van der Waals surface area contributed by atoms with Gasteiger partial charge >= 0.3 is 5.97 Å². The quantitative estimate of drug-likeness (QED) is 0.580. The Morgan fingerprint density at radius 2 is 2.19 bits per heavy atom. The summed E-state index contributed by atoms with van der Waals surface area (Å²) in [6, 6.07) is 7.11. The van der Waals surface area contributed by atoms with Crippen LogP contribution in [-0.4, -0.2) is 22.7 Å². The van der Waals surface area contributed by atoms with Gasteiger partial charge < -0.3 is 15.4 Å². The minimum Gasteiger partial charge on any atom is -0.480 e. The Balaban J connectivity index is 2.25. The van der Waals surface area contributed by atoms with Gasteiger partial charge in [-0.15, -0.1) is 0 Å². The Morgan fingerprint density at radius 3 is 3.00 bits per heavy atom. The van der Waals surface area contributed by atoms with E-state index in [4.69, 9.17) is 5.11 Å². The fourth-order valence-corrected chi connectivity index (χ4v) is 2.12. The number of para-hydroxylation sites is 1. The van der Waals surface area contributed by atoms with Gasteiger partial charge in [0.25, 0.3) is 0 Å². The summed E-state index contributed by atoms with van der Waals surface area (Å²) in [6.45, 7) is 0.464. The standard InChI is InChI=1S/C11H11N3O2/c15-11(16)10-9-8(12-5-13-10)6-3-1-2-4-7(6)14-9/h1-4,10,12-14H,5H2,(H,15,16). The monoisotopic (exact) mass is 217 g/mol. The summed E-state index contributed by atoms with van der Waals surface area (Å²) in [4.78, 5) is 14.2. The van der Waals surface area contributed by atoms with Crippen LogP contribution in [0.3, 0.4) is 0 Å². The zero-order valence-corrected chi connectivity index (χ0v) is 8.45. The summed E-state index contributed by atoms with van der Waals surface area (Å²) in [7, 11) is 0. The lowest BCUT2D eigenvalue weighted by Gasteiger charge is -2.22. The first-order chi connectivity index (χ1) is 7.77. The highest BCUT2D eigenvalue weighted by Gasteiger charge is 2.28. The molecule has 1 aromatic carbocycles. The van der Waals surface area contributed by atoms with Crippen molar-refractivity contribution in [3.8, 4) is 0 Å². The van der Waals surface area contributed by atoms with E-state index in [2.05, 4.69) is 15.6 Å². The fraction of sp³-hybridized carbons (Fsp3) is 0.182. The van der Waals surface area contributed by atoms with Crippen LogP contribution >= 0.6 is 0 Å². The molecule has 0 amide bonds. The van der Waals surface area contributed by atoms with Crippen molar-refractivity contribution in [2.24, 2.45) is 0 Å². The second-order valence-corrected chi connectivity index (χ2v) is 3.79. The second kappa shape index (κ2) is 3.24. The SMILES string of the molecule is O=C(O)C1NCNc2c1[nH]c1ccccc21. The van der Waals surface area contributed by atoms with E-state index in [0.29, 0.717) is 12.4 Å². The number of hydrogen-bond donors (Lipinski definition) is 4. The molecular weight excluding hydrogens is 206 g/mol. The van der Waals surface area contributed by atoms with E-state index in [0.717, 1.165) is 16.6 Å². The molecule has 1 unspecified atom stereocenters. The zero-order valence-electron chi connectivity index (χ0n) is 8.45. The Labute approximate surface area is 91.5 Å². The minimum absolute atomic E-state index is 0.464. The minimum atomic E-state index is -0.866. The van der Waals surface area contributed by atoms with Gasteiger partial charge in [-0.1, -0.05) is 18.2 Å². The predicted octanol–water partition coefficient (Wildman–Crippen LogP) is 1.27. The van der Waals surface area contributed by atoms with Crippen LogP contribution in [0.15, 0.2) is 24.3 Å². The summed E-state index contributed by atoms with van der Waals surface area (Å²) < 4.78 is 0. The third kappa shape index (κ3) is 1.18. The molecule has 5 heteroatoms. The molecule has 82 valence electrons. The topological polar surface area (TPSA) is 77.2 Å². The molecule has 1 aliphatic heterocycles. The summed E-state index contributed by atoms with van der Waals surface area (Å²) >= 11 is 0. The second-order valence-electron chi connectivity index (χ2n) is 3.79. The molecule has 0 bridgehead atoms. The Morgan fingerprint density at radius 1 is 1.38 bits per heavy atom. The molecule has 4 N–H and O–H groups in total. The van der Waals surface area contributed by atoms with Crippen molar-refractivity contribution in [2.45, 2.75) is 6.04 Å². The smallest absolute Gasteiger partial charge is 0.327 e. The van der Waals surface area contributed by atoms with Crippen LogP contribution in [0.1, 0.15) is 11.7 Å². The number of benzene rings is 1. The van der Waals surface area contributed by atoms with E-state index in [1.165, 1.54) is 0 Å². The average Bonchev–Trinajstić information content (AvgIpc) is 2.67. The van der Waals surface area contributed by atoms with E-state index < -0.39 is 12.0 Å². The molecule has 0 spiro atoms. The predicted molar refractivity (Wildman–Crippen MR) is 60.3 cm³/mol. The molecule has 5 nitrogen and oxygen atoms in total. The summed E-state index contributed by atoms with van der Waals surface area (Å²) in [5.41, 5.74) is 2.54. The lowest BCUT2D eigenvalue weighted by molar-refractivity contribution is -0.139. The first-order valence-corrected chi connectivity index (χ1v) is 5.08. The molecule has 0 radical (unpaired) electrons. The Bertz CT molecular complexity index is 561. The van der Waals surface area contributed by atoms with Gasteiger partial charge in [-0.05, 0) is 6.07 Å². The number of hydrogen-bond acceptors (Lipinski definition) is 3. The third-order valence-electron chi connectivity index (χ3n) is 2.84. The van der Waals surface area contributed by atoms with E-state index in [1.54, 1.807) is 0 Å². The number of aliphatic carboxylic acids is 1. The summed E-state index contributed by atoms with van der Waals surface area (Å²) in [6.07, 6.45) is 0. The number of H-pyrrole nitrogens is 1. The maximum atomic E-state index is 11.1. The summed E-state index contributed by atoms with van der Waals surface area (Å²) in [5.74, 6) is -0.866. The highest BCUT2D eigenvalue weighted by atomic mass is 16.4. The molecule has 0 saturated carbocycles. The highest BCUT2D eigenvalue weighted by Crippen LogP contribution is 2.33. The number of fused-ring (bicyclic) bond motifs is 3. The van der Waals surface area contributed by atoms with E-state index >= 15 is 0 Å². The normalized spacial score (nSPS) is 19.1. The molecular formula is C11H11N3O2. The third-order valence-corrected chi connectivity index (χ3v) is 2.84. The molecule has 0 aliphatic carbocycles. The van der Waals surface area contributed by atoms with Crippen molar-refractivity contribution in [2.75, 3.05) is 12.0 Å². The van der Waals surface area contributed by atoms with Crippen molar-refractivity contribution in [1.29, 1.82) is 0 Å². The van der Waals surface area contributed by atoms with Gasteiger partial charge in [0.1, 0.15) is 6.04 Å². The number of carboxylic acid groups (broad SMARTS) is 1. The molecule has 0 saturated heterocycles. The van der Waals surface area contributed by atoms with Crippen molar-refractivity contribution in [3.63, 3.8) is 0 Å². The average molecular weight is 217 g/mol. The molecule has 0 fully saturated rings. The molecule has 2 aromatic rings. The van der Waals surface area contributed by atoms with Crippen molar-refractivity contribution in [1.82, 2.24) is 10.3 Å². The van der Waals surface area contributed by atoms with Crippen LogP contribution in [0.5, 0.6) is 0 Å². The Hall–Kier alpha value is -2.01. The van der Waals surface area contributed by atoms with Crippen LogP contribution in [0, 0.1) is 0 Å². The van der Waals surface area contributed by atoms with E-state index in [-0.39, 0.29) is 0 Å². The lowest BCUT2D eigenvalue weighted by atomic mass is 10.1. The lowest BCUT2D eigenvalue weighted by Crippen LogP contribution is -2.37. The number of anilines is 1. The van der Waals surface area contributed by atoms with Crippen LogP contribution in [0.25, 0.3) is 10.9 Å². The molecule has 1 aliphatic rings. The number of nitrogens with one attached hydrogen (secondary N) is 3. The largest absolute Gasteiger partial charge is 0.480 e. The van der Waals surface area contributed by atoms with Crippen molar-refractivity contribution in [3.05, 3.63) is 30.0 Å². The van der Waals surface area contributed by atoms with Gasteiger partial charge in [-0.2, -0.15) is 0 Å². The fourth-order valence-electron chi connectivity index (χ4n) is 2.12. The number of carbonyl (C=O) groups is 1. The first-order valence-electron chi connectivity index (χ1n) is 5.08. The zero-order chi connectivity index (χ0) is 11.1. The number of rotatable bonds is 1. The van der Waals surface area contributed by atoms with Crippen molar-refractivity contribution >= 4 is 22.6 Å². The highest BCUT2D eigenvalue weighted by molar-refractivity contribution is 5.97. The maximum absolute atomic E-state index is 11.1. The summed E-state index contributed by atoms with van der Waals surface area (Å²) in [5, 5.41) is 16.2. The van der Waals surface area contributed by atoms with E-state index in [1.807, 2.05) is 24.3 Å². The molecule has 1 aromatic heterocycles. The van der Waals surface area contributed by atoms with Crippen LogP contribution < -0.4 is 10.6 Å². The van der Waals surface area contributed by atoms with Gasteiger partial charge in [0.15, 0.2) is 0 Å². The molecule has 3 rings (SSSR count). The van der Waals surface area contributed by atoms with Crippen LogP contribution in [-0.2, 0) is 4.79 Å². The van der Waals surface area contributed by atoms with Gasteiger partial charge in [0.05, 0.1) is 18.1 Å². The first kappa shape index (κ1) is 9.23. The Kier molecular flexibility index (Phi) is 1.87.